The molecule has 0 saturated heterocycles. The SMILES string of the molecule is C[c-]1cccc1.C[c-]1cccc1.Cl.Cl.[CH3-].[CH3-].[Hf+4]. The molecule has 0 fully saturated rings. The molecular weight excluding hydrogens is 418 g/mol. The summed E-state index contributed by atoms with van der Waals surface area (Å²) < 4.78 is 0. The van der Waals surface area contributed by atoms with Gasteiger partial charge in [0.1, 0.15) is 0 Å². The molecule has 2 aromatic rings. The van der Waals surface area contributed by atoms with Gasteiger partial charge in [0.25, 0.3) is 0 Å². The van der Waals surface area contributed by atoms with Gasteiger partial charge in [-0.25, -0.2) is 24.3 Å². The van der Waals surface area contributed by atoms with Crippen molar-refractivity contribution in [3.8, 4) is 0 Å². The summed E-state index contributed by atoms with van der Waals surface area (Å²) >= 11 is 0. The molecule has 0 nitrogen and oxygen atoms in total. The molecule has 96 valence electrons. The molecule has 0 bridgehead atoms. The first-order chi connectivity index (χ1) is 5.79. The number of hydrogen-bond acceptors (Lipinski definition) is 0. The molecule has 0 unspecified atom stereocenters. The van der Waals surface area contributed by atoms with E-state index in [4.69, 9.17) is 0 Å². The first kappa shape index (κ1) is 30.3. The summed E-state index contributed by atoms with van der Waals surface area (Å²) in [4.78, 5) is 0. The van der Waals surface area contributed by atoms with Crippen LogP contribution in [0.1, 0.15) is 11.1 Å². The van der Waals surface area contributed by atoms with Crippen LogP contribution >= 0.6 is 24.8 Å². The number of aryl methyl sites for hydroxylation is 2. The smallest absolute Gasteiger partial charge is 0.358 e. The largest absolute Gasteiger partial charge is 4.00 e. The average Bonchev–Trinajstić information content (AvgIpc) is 2.63. The van der Waals surface area contributed by atoms with Gasteiger partial charge in [0, 0.05) is 0 Å². The molecular formula is C14H22Cl2Hf. The molecule has 3 heteroatoms. The first-order valence-electron chi connectivity index (χ1n) is 4.15. The van der Waals surface area contributed by atoms with Crippen molar-refractivity contribution >= 4 is 24.8 Å². The summed E-state index contributed by atoms with van der Waals surface area (Å²) in [7, 11) is 0. The van der Waals surface area contributed by atoms with Crippen molar-refractivity contribution in [2.45, 2.75) is 13.8 Å². The van der Waals surface area contributed by atoms with Gasteiger partial charge in [-0.15, -0.1) is 24.8 Å². The number of hydrogen-bond donors (Lipinski definition) is 0. The van der Waals surface area contributed by atoms with Crippen molar-refractivity contribution in [2.24, 2.45) is 0 Å². The Balaban J connectivity index is -0.0000000436. The molecule has 0 saturated carbocycles. The van der Waals surface area contributed by atoms with Crippen molar-refractivity contribution in [1.29, 1.82) is 0 Å². The first-order valence-corrected chi connectivity index (χ1v) is 4.15. The van der Waals surface area contributed by atoms with Crippen LogP contribution < -0.4 is 0 Å². The normalized spacial score (nSPS) is 6.24. The Labute approximate surface area is 138 Å². The van der Waals surface area contributed by atoms with Gasteiger partial charge in [0.15, 0.2) is 0 Å². The summed E-state index contributed by atoms with van der Waals surface area (Å²) in [6.45, 7) is 4.17. The summed E-state index contributed by atoms with van der Waals surface area (Å²) in [6, 6.07) is 16.5. The van der Waals surface area contributed by atoms with E-state index in [-0.39, 0.29) is 65.5 Å². The molecule has 0 aliphatic carbocycles. The standard InChI is InChI=1S/2C6H7.2CH3.2ClH.Hf/c2*1-6-4-2-3-5-6;;;;;/h2*2-5H,1H3;2*1H3;2*1H;/q4*-1;;;+4. The van der Waals surface area contributed by atoms with Crippen LogP contribution in [0.3, 0.4) is 0 Å². The molecule has 2 rings (SSSR count). The molecule has 0 heterocycles. The van der Waals surface area contributed by atoms with Crippen molar-refractivity contribution in [1.82, 2.24) is 0 Å². The predicted octanol–water partition coefficient (Wildman–Crippen LogP) is 5.17. The van der Waals surface area contributed by atoms with Crippen LogP contribution in [0.25, 0.3) is 0 Å². The van der Waals surface area contributed by atoms with Gasteiger partial charge in [-0.1, -0.05) is 13.8 Å². The second-order valence-corrected chi connectivity index (χ2v) is 2.92. The van der Waals surface area contributed by atoms with Gasteiger partial charge < -0.3 is 14.9 Å². The molecule has 0 N–H and O–H groups in total. The molecule has 0 radical (unpaired) electrons. The second kappa shape index (κ2) is 18.5. The Hall–Kier alpha value is 0.150. The predicted molar refractivity (Wildman–Crippen MR) is 80.9 cm³/mol. The maximum Gasteiger partial charge on any atom is 4.00 e. The molecule has 0 aliphatic rings. The van der Waals surface area contributed by atoms with E-state index in [0.717, 1.165) is 0 Å². The average molecular weight is 440 g/mol. The fourth-order valence-electron chi connectivity index (χ4n) is 0.940. The number of rotatable bonds is 0. The van der Waals surface area contributed by atoms with Crippen LogP contribution in [-0.4, -0.2) is 0 Å². The van der Waals surface area contributed by atoms with Crippen molar-refractivity contribution in [2.75, 3.05) is 0 Å². The van der Waals surface area contributed by atoms with Crippen LogP contribution in [-0.2, 0) is 25.8 Å². The Morgan fingerprint density at radius 2 is 0.765 bits per heavy atom. The van der Waals surface area contributed by atoms with E-state index in [1.807, 2.05) is 24.3 Å². The zero-order valence-electron chi connectivity index (χ0n) is 10.9. The van der Waals surface area contributed by atoms with Gasteiger partial charge in [0.2, 0.25) is 0 Å². The monoisotopic (exact) mass is 440 g/mol. The third kappa shape index (κ3) is 16.2. The van der Waals surface area contributed by atoms with Gasteiger partial charge in [0.05, 0.1) is 0 Å². The minimum absolute atomic E-state index is 0. The fraction of sp³-hybridized carbons (Fsp3) is 0.143. The second-order valence-electron chi connectivity index (χ2n) is 2.92. The summed E-state index contributed by atoms with van der Waals surface area (Å²) in [6.07, 6.45) is 0. The van der Waals surface area contributed by atoms with E-state index in [0.29, 0.717) is 0 Å². The zero-order valence-corrected chi connectivity index (χ0v) is 16.2. The molecule has 2 aromatic carbocycles. The molecule has 0 spiro atoms. The van der Waals surface area contributed by atoms with E-state index < -0.39 is 0 Å². The summed E-state index contributed by atoms with van der Waals surface area (Å²) in [5.74, 6) is 0. The van der Waals surface area contributed by atoms with E-state index in [1.54, 1.807) is 0 Å². The molecule has 0 atom stereocenters. The molecule has 0 aromatic heterocycles. The molecule has 0 aliphatic heterocycles. The third-order valence-corrected chi connectivity index (χ3v) is 1.66. The Kier molecular flexibility index (Phi) is 33.0. The topological polar surface area (TPSA) is 0 Å². The van der Waals surface area contributed by atoms with E-state index in [9.17, 15) is 0 Å². The van der Waals surface area contributed by atoms with Gasteiger partial charge in [-0.05, 0) is 0 Å². The van der Waals surface area contributed by atoms with E-state index in [2.05, 4.69) is 38.1 Å². The minimum Gasteiger partial charge on any atom is -0.358 e. The van der Waals surface area contributed by atoms with Gasteiger partial charge >= 0.3 is 25.8 Å². The van der Waals surface area contributed by atoms with E-state index >= 15 is 0 Å². The van der Waals surface area contributed by atoms with Crippen molar-refractivity contribution in [3.05, 3.63) is 74.5 Å². The Bertz CT molecular complexity index is 254. The van der Waals surface area contributed by atoms with Crippen molar-refractivity contribution in [3.63, 3.8) is 0 Å². The van der Waals surface area contributed by atoms with E-state index in [1.165, 1.54) is 11.1 Å². The molecule has 0 amide bonds. The van der Waals surface area contributed by atoms with Crippen molar-refractivity contribution < 1.29 is 25.8 Å². The van der Waals surface area contributed by atoms with Crippen LogP contribution in [0.4, 0.5) is 0 Å². The van der Waals surface area contributed by atoms with Crippen LogP contribution in [0.2, 0.25) is 0 Å². The quantitative estimate of drug-likeness (QED) is 0.392. The maximum atomic E-state index is 2.08. The maximum absolute atomic E-state index is 2.08. The minimum atomic E-state index is 0. The van der Waals surface area contributed by atoms with Crippen LogP contribution in [0, 0.1) is 28.7 Å². The fourth-order valence-corrected chi connectivity index (χ4v) is 0.940. The third-order valence-electron chi connectivity index (χ3n) is 1.66. The zero-order chi connectivity index (χ0) is 8.81. The van der Waals surface area contributed by atoms with Gasteiger partial charge in [-0.3, -0.25) is 0 Å². The van der Waals surface area contributed by atoms with Gasteiger partial charge in [-0.2, -0.15) is 35.4 Å². The van der Waals surface area contributed by atoms with Crippen LogP contribution in [0.15, 0.2) is 48.5 Å². The summed E-state index contributed by atoms with van der Waals surface area (Å²) in [5.41, 5.74) is 2.69. The Morgan fingerprint density at radius 3 is 0.824 bits per heavy atom. The number of halogens is 2. The van der Waals surface area contributed by atoms with Crippen LogP contribution in [0.5, 0.6) is 0 Å². The molecule has 17 heavy (non-hydrogen) atoms. The Morgan fingerprint density at radius 1 is 0.588 bits per heavy atom. The summed E-state index contributed by atoms with van der Waals surface area (Å²) in [5, 5.41) is 0.